The molecule has 0 unspecified atom stereocenters. The highest BCUT2D eigenvalue weighted by atomic mass is 16.7. The summed E-state index contributed by atoms with van der Waals surface area (Å²) in [5.41, 5.74) is 1.37. The Hall–Kier alpha value is -1.65. The summed E-state index contributed by atoms with van der Waals surface area (Å²) in [5.74, 6) is -0.319. The maximum atomic E-state index is 11.8. The second kappa shape index (κ2) is 3.93. The van der Waals surface area contributed by atoms with E-state index in [-0.39, 0.29) is 12.1 Å². The summed E-state index contributed by atoms with van der Waals surface area (Å²) < 4.78 is 16.3. The van der Waals surface area contributed by atoms with Crippen LogP contribution in [-0.2, 0) is 14.3 Å². The molecule has 2 heterocycles. The first-order chi connectivity index (χ1) is 8.55. The topological polar surface area (TPSA) is 44.8 Å². The molecule has 94 valence electrons. The van der Waals surface area contributed by atoms with Crippen LogP contribution in [-0.4, -0.2) is 24.5 Å². The van der Waals surface area contributed by atoms with Gasteiger partial charge in [0.15, 0.2) is 5.79 Å². The minimum atomic E-state index is -0.593. The molecule has 0 N–H and O–H groups in total. The van der Waals surface area contributed by atoms with E-state index in [1.54, 1.807) is 12.1 Å². The van der Waals surface area contributed by atoms with Gasteiger partial charge in [-0.15, -0.1) is 0 Å². The summed E-state index contributed by atoms with van der Waals surface area (Å²) in [6.45, 7) is 4.16. The highest BCUT2D eigenvalue weighted by Gasteiger charge is 2.34. The fraction of sp³-hybridized carbons (Fsp3) is 0.357. The summed E-state index contributed by atoms with van der Waals surface area (Å²) >= 11 is 0. The van der Waals surface area contributed by atoms with E-state index in [0.717, 1.165) is 5.56 Å². The van der Waals surface area contributed by atoms with Gasteiger partial charge in [-0.05, 0) is 26.0 Å². The van der Waals surface area contributed by atoms with Gasteiger partial charge in [0.1, 0.15) is 11.9 Å². The first kappa shape index (κ1) is 11.4. The Kier molecular flexibility index (Phi) is 2.50. The number of hydrogen-bond acceptors (Lipinski definition) is 4. The number of benzene rings is 1. The molecule has 2 aliphatic rings. The van der Waals surface area contributed by atoms with Gasteiger partial charge >= 0.3 is 5.97 Å². The van der Waals surface area contributed by atoms with Gasteiger partial charge in [0.05, 0.1) is 12.2 Å². The van der Waals surface area contributed by atoms with Crippen molar-refractivity contribution in [2.45, 2.75) is 25.7 Å². The molecule has 1 aromatic carbocycles. The zero-order valence-corrected chi connectivity index (χ0v) is 10.3. The second-order valence-corrected chi connectivity index (χ2v) is 4.83. The van der Waals surface area contributed by atoms with Gasteiger partial charge in [-0.25, -0.2) is 4.79 Å². The van der Waals surface area contributed by atoms with Gasteiger partial charge in [0.25, 0.3) is 0 Å². The van der Waals surface area contributed by atoms with Crippen LogP contribution in [0.1, 0.15) is 19.4 Å². The van der Waals surface area contributed by atoms with Crippen LogP contribution in [0.4, 0.5) is 0 Å². The molecule has 0 aliphatic carbocycles. The third-order valence-electron chi connectivity index (χ3n) is 2.98. The summed E-state index contributed by atoms with van der Waals surface area (Å²) in [7, 11) is 0. The average Bonchev–Trinajstić information content (AvgIpc) is 2.81. The van der Waals surface area contributed by atoms with Crippen LogP contribution in [0.5, 0.6) is 5.75 Å². The van der Waals surface area contributed by atoms with E-state index >= 15 is 0 Å². The quantitative estimate of drug-likeness (QED) is 0.432. The van der Waals surface area contributed by atoms with E-state index in [4.69, 9.17) is 14.2 Å². The SMILES string of the molecule is CC1(C)OC[C@H](/C=C2/C(=O)Oc3ccccc32)O1. The van der Waals surface area contributed by atoms with Crippen LogP contribution >= 0.6 is 0 Å². The molecule has 0 spiro atoms. The highest BCUT2D eigenvalue weighted by Crippen LogP contribution is 2.35. The molecule has 1 atom stereocenters. The van der Waals surface area contributed by atoms with Crippen molar-refractivity contribution >= 4 is 11.5 Å². The van der Waals surface area contributed by atoms with E-state index in [0.29, 0.717) is 17.9 Å². The predicted molar refractivity (Wildman–Crippen MR) is 65.0 cm³/mol. The molecule has 2 aliphatic heterocycles. The monoisotopic (exact) mass is 246 g/mol. The standard InChI is InChI=1S/C14H14O4/c1-14(2)16-8-9(18-14)7-11-10-5-3-4-6-12(10)17-13(11)15/h3-7,9H,8H2,1-2H3/b11-7+/t9-/m0/s1. The van der Waals surface area contributed by atoms with E-state index in [2.05, 4.69) is 0 Å². The van der Waals surface area contributed by atoms with Crippen molar-refractivity contribution in [3.8, 4) is 5.75 Å². The van der Waals surface area contributed by atoms with E-state index in [1.807, 2.05) is 32.0 Å². The lowest BCUT2D eigenvalue weighted by molar-refractivity contribution is -0.133. The third kappa shape index (κ3) is 1.94. The largest absolute Gasteiger partial charge is 0.422 e. The third-order valence-corrected chi connectivity index (χ3v) is 2.98. The van der Waals surface area contributed by atoms with Crippen LogP contribution in [0, 0.1) is 0 Å². The van der Waals surface area contributed by atoms with Gasteiger partial charge in [0, 0.05) is 5.56 Å². The summed E-state index contributed by atoms with van der Waals surface area (Å²) in [4.78, 5) is 11.8. The van der Waals surface area contributed by atoms with Gasteiger partial charge in [0.2, 0.25) is 0 Å². The van der Waals surface area contributed by atoms with Gasteiger partial charge in [-0.1, -0.05) is 18.2 Å². The van der Waals surface area contributed by atoms with Crippen molar-refractivity contribution in [3.63, 3.8) is 0 Å². The molecule has 0 saturated carbocycles. The van der Waals surface area contributed by atoms with Crippen LogP contribution in [0.3, 0.4) is 0 Å². The lowest BCUT2D eigenvalue weighted by Crippen LogP contribution is -2.21. The molecule has 0 bridgehead atoms. The first-order valence-electron chi connectivity index (χ1n) is 5.90. The Morgan fingerprint density at radius 3 is 2.83 bits per heavy atom. The first-order valence-corrected chi connectivity index (χ1v) is 5.90. The molecule has 1 saturated heterocycles. The fourth-order valence-corrected chi connectivity index (χ4v) is 2.18. The van der Waals surface area contributed by atoms with Gasteiger partial charge in [-0.3, -0.25) is 0 Å². The number of carbonyl (C=O) groups excluding carboxylic acids is 1. The molecule has 0 amide bonds. The number of carbonyl (C=O) groups is 1. The molecule has 4 heteroatoms. The smallest absolute Gasteiger partial charge is 0.344 e. The number of rotatable bonds is 1. The maximum absolute atomic E-state index is 11.8. The number of para-hydroxylation sites is 1. The fourth-order valence-electron chi connectivity index (χ4n) is 2.18. The maximum Gasteiger partial charge on any atom is 0.344 e. The highest BCUT2D eigenvalue weighted by molar-refractivity contribution is 6.21. The molecular formula is C14H14O4. The number of esters is 1. The van der Waals surface area contributed by atoms with Crippen LogP contribution in [0.25, 0.3) is 5.57 Å². The zero-order chi connectivity index (χ0) is 12.8. The average molecular weight is 246 g/mol. The van der Waals surface area contributed by atoms with E-state index < -0.39 is 5.79 Å². The van der Waals surface area contributed by atoms with Crippen molar-refractivity contribution in [2.24, 2.45) is 0 Å². The lowest BCUT2D eigenvalue weighted by Gasteiger charge is -2.15. The number of hydrogen-bond donors (Lipinski definition) is 0. The van der Waals surface area contributed by atoms with Crippen molar-refractivity contribution in [1.82, 2.24) is 0 Å². The number of ether oxygens (including phenoxy) is 3. The van der Waals surface area contributed by atoms with Crippen molar-refractivity contribution in [1.29, 1.82) is 0 Å². The summed E-state index contributed by atoms with van der Waals surface area (Å²) in [6, 6.07) is 7.37. The molecule has 4 nitrogen and oxygen atoms in total. The van der Waals surface area contributed by atoms with Gasteiger partial charge in [-0.2, -0.15) is 0 Å². The lowest BCUT2D eigenvalue weighted by atomic mass is 10.1. The zero-order valence-electron chi connectivity index (χ0n) is 10.3. The van der Waals surface area contributed by atoms with E-state index in [9.17, 15) is 4.79 Å². The minimum absolute atomic E-state index is 0.214. The molecule has 0 aromatic heterocycles. The Morgan fingerprint density at radius 2 is 2.11 bits per heavy atom. The van der Waals surface area contributed by atoms with Crippen molar-refractivity contribution in [3.05, 3.63) is 35.9 Å². The molecule has 0 radical (unpaired) electrons. The summed E-state index contributed by atoms with van der Waals surface area (Å²) in [6.07, 6.45) is 1.57. The Morgan fingerprint density at radius 1 is 1.33 bits per heavy atom. The Bertz CT molecular complexity index is 530. The molecular weight excluding hydrogens is 232 g/mol. The van der Waals surface area contributed by atoms with Gasteiger partial charge < -0.3 is 14.2 Å². The second-order valence-electron chi connectivity index (χ2n) is 4.83. The Labute approximate surface area is 105 Å². The predicted octanol–water partition coefficient (Wildman–Crippen LogP) is 2.14. The molecule has 3 rings (SSSR count). The van der Waals surface area contributed by atoms with Crippen molar-refractivity contribution < 1.29 is 19.0 Å². The normalized spacial score (nSPS) is 27.3. The summed E-state index contributed by atoms with van der Waals surface area (Å²) in [5, 5.41) is 0. The Balaban J connectivity index is 1.91. The molecule has 1 fully saturated rings. The van der Waals surface area contributed by atoms with Crippen molar-refractivity contribution in [2.75, 3.05) is 6.61 Å². The van der Waals surface area contributed by atoms with Crippen LogP contribution in [0.2, 0.25) is 0 Å². The minimum Gasteiger partial charge on any atom is -0.422 e. The molecule has 1 aromatic rings. The number of fused-ring (bicyclic) bond motifs is 1. The molecule has 18 heavy (non-hydrogen) atoms. The van der Waals surface area contributed by atoms with Crippen LogP contribution in [0.15, 0.2) is 30.3 Å². The van der Waals surface area contributed by atoms with Crippen LogP contribution < -0.4 is 4.74 Å². The van der Waals surface area contributed by atoms with E-state index in [1.165, 1.54) is 0 Å².